The minimum Gasteiger partial charge on any atom is -0.315 e. The average molecular weight is 302 g/mol. The Hall–Kier alpha value is -0.900. The van der Waals surface area contributed by atoms with Gasteiger partial charge in [0.15, 0.2) is 0 Å². The molecule has 2 atom stereocenters. The number of rotatable bonds is 4. The molecule has 0 saturated carbocycles. The number of fused-ring (bicyclic) bond motifs is 1. The molecule has 1 aromatic carbocycles. The zero-order valence-corrected chi connectivity index (χ0v) is 14.2. The van der Waals surface area contributed by atoms with Crippen molar-refractivity contribution in [1.29, 1.82) is 0 Å². The van der Waals surface area contributed by atoms with Crippen LogP contribution in [0.25, 0.3) is 10.1 Å². The van der Waals surface area contributed by atoms with Crippen molar-refractivity contribution in [2.75, 3.05) is 13.6 Å². The molecule has 1 aliphatic heterocycles. The van der Waals surface area contributed by atoms with Gasteiger partial charge in [-0.1, -0.05) is 25.1 Å². The van der Waals surface area contributed by atoms with Crippen molar-refractivity contribution in [2.45, 2.75) is 45.8 Å². The van der Waals surface area contributed by atoms with Gasteiger partial charge in [-0.2, -0.15) is 0 Å². The molecule has 0 aliphatic carbocycles. The molecule has 114 valence electrons. The fourth-order valence-corrected chi connectivity index (χ4v) is 4.70. The van der Waals surface area contributed by atoms with Crippen molar-refractivity contribution in [1.82, 2.24) is 10.2 Å². The molecule has 3 rings (SSSR count). The first-order valence-corrected chi connectivity index (χ1v) is 8.90. The maximum Gasteiger partial charge on any atom is 0.0349 e. The zero-order valence-electron chi connectivity index (χ0n) is 13.4. The van der Waals surface area contributed by atoms with Crippen LogP contribution in [0.3, 0.4) is 0 Å². The van der Waals surface area contributed by atoms with Crippen LogP contribution < -0.4 is 5.32 Å². The molecule has 21 heavy (non-hydrogen) atoms. The summed E-state index contributed by atoms with van der Waals surface area (Å²) in [7, 11) is 2.04. The van der Waals surface area contributed by atoms with Crippen molar-refractivity contribution >= 4 is 21.4 Å². The Morgan fingerprint density at radius 1 is 1.29 bits per heavy atom. The second-order valence-corrected chi connectivity index (χ2v) is 7.50. The third-order valence-electron chi connectivity index (χ3n) is 4.98. The number of hydrogen-bond donors (Lipinski definition) is 1. The van der Waals surface area contributed by atoms with E-state index in [2.05, 4.69) is 48.3 Å². The quantitative estimate of drug-likeness (QED) is 0.908. The zero-order chi connectivity index (χ0) is 14.8. The van der Waals surface area contributed by atoms with Crippen molar-refractivity contribution in [2.24, 2.45) is 5.92 Å². The van der Waals surface area contributed by atoms with Crippen LogP contribution in [0.1, 0.15) is 37.1 Å². The van der Waals surface area contributed by atoms with E-state index in [1.165, 1.54) is 34.3 Å². The van der Waals surface area contributed by atoms with Gasteiger partial charge in [-0.15, -0.1) is 11.3 Å². The first kappa shape index (κ1) is 15.0. The van der Waals surface area contributed by atoms with Crippen LogP contribution in [0.2, 0.25) is 0 Å². The van der Waals surface area contributed by atoms with Crippen molar-refractivity contribution < 1.29 is 0 Å². The minimum atomic E-state index is 0.694. The Kier molecular flexibility index (Phi) is 4.63. The van der Waals surface area contributed by atoms with Gasteiger partial charge >= 0.3 is 0 Å². The number of nitrogens with one attached hydrogen (secondary N) is 1. The topological polar surface area (TPSA) is 15.3 Å². The summed E-state index contributed by atoms with van der Waals surface area (Å²) < 4.78 is 1.43. The van der Waals surface area contributed by atoms with Crippen molar-refractivity contribution in [3.8, 4) is 0 Å². The van der Waals surface area contributed by atoms with Gasteiger partial charge in [0.05, 0.1) is 0 Å². The summed E-state index contributed by atoms with van der Waals surface area (Å²) in [6.07, 6.45) is 2.72. The number of piperidine rings is 1. The van der Waals surface area contributed by atoms with Gasteiger partial charge < -0.3 is 5.32 Å². The molecule has 2 unspecified atom stereocenters. The molecule has 1 aromatic heterocycles. The number of hydrogen-bond acceptors (Lipinski definition) is 3. The van der Waals surface area contributed by atoms with Gasteiger partial charge in [-0.05, 0) is 56.3 Å². The smallest absolute Gasteiger partial charge is 0.0349 e. The normalized spacial score (nSPS) is 23.8. The van der Waals surface area contributed by atoms with E-state index in [-0.39, 0.29) is 0 Å². The minimum absolute atomic E-state index is 0.694. The number of benzene rings is 1. The molecule has 0 radical (unpaired) electrons. The number of nitrogens with zero attached hydrogens (tertiary/aromatic N) is 1. The second kappa shape index (κ2) is 6.47. The average Bonchev–Trinajstić information content (AvgIpc) is 2.82. The van der Waals surface area contributed by atoms with Crippen LogP contribution in [0.4, 0.5) is 0 Å². The molecule has 0 bridgehead atoms. The summed E-state index contributed by atoms with van der Waals surface area (Å²) in [6.45, 7) is 8.13. The Morgan fingerprint density at radius 2 is 2.10 bits per heavy atom. The molecule has 3 heteroatoms. The second-order valence-electron chi connectivity index (χ2n) is 6.36. The van der Waals surface area contributed by atoms with E-state index in [1.807, 2.05) is 18.4 Å². The van der Waals surface area contributed by atoms with Gasteiger partial charge in [0.2, 0.25) is 0 Å². The Bertz CT molecular complexity index is 604. The third kappa shape index (κ3) is 3.01. The third-order valence-corrected chi connectivity index (χ3v) is 6.20. The summed E-state index contributed by atoms with van der Waals surface area (Å²) in [5, 5.41) is 4.79. The fourth-order valence-electron chi connectivity index (χ4n) is 3.47. The Balaban J connectivity index is 1.93. The first-order valence-electron chi connectivity index (χ1n) is 8.08. The van der Waals surface area contributed by atoms with Crippen LogP contribution in [0.5, 0.6) is 0 Å². The van der Waals surface area contributed by atoms with Crippen LogP contribution in [-0.4, -0.2) is 24.5 Å². The van der Waals surface area contributed by atoms with Crippen LogP contribution in [0.15, 0.2) is 24.3 Å². The lowest BCUT2D eigenvalue weighted by Crippen LogP contribution is -2.41. The Morgan fingerprint density at radius 3 is 2.90 bits per heavy atom. The molecular formula is C18H26N2S. The summed E-state index contributed by atoms with van der Waals surface area (Å²) >= 11 is 1.95. The summed E-state index contributed by atoms with van der Waals surface area (Å²) in [6, 6.07) is 9.56. The van der Waals surface area contributed by atoms with E-state index < -0.39 is 0 Å². The van der Waals surface area contributed by atoms with Crippen molar-refractivity contribution in [3.63, 3.8) is 0 Å². The summed E-state index contributed by atoms with van der Waals surface area (Å²) in [4.78, 5) is 4.19. The van der Waals surface area contributed by atoms with E-state index in [1.54, 1.807) is 5.56 Å². The van der Waals surface area contributed by atoms with Crippen LogP contribution in [-0.2, 0) is 13.1 Å². The van der Waals surface area contributed by atoms with Gasteiger partial charge in [-0.25, -0.2) is 0 Å². The molecule has 1 N–H and O–H groups in total. The molecule has 2 heterocycles. The highest BCUT2D eigenvalue weighted by Crippen LogP contribution is 2.34. The highest BCUT2D eigenvalue weighted by atomic mass is 32.1. The van der Waals surface area contributed by atoms with Crippen LogP contribution in [0, 0.1) is 5.92 Å². The lowest BCUT2D eigenvalue weighted by atomic mass is 9.91. The van der Waals surface area contributed by atoms with Gasteiger partial charge in [0.1, 0.15) is 0 Å². The van der Waals surface area contributed by atoms with Crippen LogP contribution >= 0.6 is 11.3 Å². The monoisotopic (exact) mass is 302 g/mol. The first-order chi connectivity index (χ1) is 10.2. The maximum atomic E-state index is 3.33. The largest absolute Gasteiger partial charge is 0.315 e. The maximum absolute atomic E-state index is 3.33. The lowest BCUT2D eigenvalue weighted by molar-refractivity contribution is 0.107. The molecule has 0 spiro atoms. The molecule has 1 fully saturated rings. The Labute approximate surface area is 132 Å². The van der Waals surface area contributed by atoms with E-state index >= 15 is 0 Å². The van der Waals surface area contributed by atoms with E-state index in [9.17, 15) is 0 Å². The standard InChI is InChI=1S/C18H26N2S/c1-13-7-6-10-20(14(13)2)12-16-15-8-4-5-9-17(15)21-18(16)11-19-3/h4-5,8-9,13-14,19H,6-7,10-12H2,1-3H3. The van der Waals surface area contributed by atoms with E-state index in [0.29, 0.717) is 6.04 Å². The van der Waals surface area contributed by atoms with Gasteiger partial charge in [0, 0.05) is 28.7 Å². The lowest BCUT2D eigenvalue weighted by Gasteiger charge is -2.38. The summed E-state index contributed by atoms with van der Waals surface area (Å²) in [5.74, 6) is 0.816. The predicted molar refractivity (Wildman–Crippen MR) is 92.9 cm³/mol. The number of thiophene rings is 1. The SMILES string of the molecule is CNCc1sc2ccccc2c1CN1CCCC(C)C1C. The summed E-state index contributed by atoms with van der Waals surface area (Å²) in [5.41, 5.74) is 1.55. The highest BCUT2D eigenvalue weighted by molar-refractivity contribution is 7.19. The molecule has 0 amide bonds. The van der Waals surface area contributed by atoms with Gasteiger partial charge in [-0.3, -0.25) is 4.90 Å². The van der Waals surface area contributed by atoms with Crippen molar-refractivity contribution in [3.05, 3.63) is 34.7 Å². The van der Waals surface area contributed by atoms with Gasteiger partial charge in [0.25, 0.3) is 0 Å². The molecule has 2 aromatic rings. The molecular weight excluding hydrogens is 276 g/mol. The fraction of sp³-hybridized carbons (Fsp3) is 0.556. The molecule has 2 nitrogen and oxygen atoms in total. The predicted octanol–water partition coefficient (Wildman–Crippen LogP) is 4.24. The molecule has 1 aliphatic rings. The number of likely N-dealkylation sites (tertiary alicyclic amines) is 1. The van der Waals surface area contributed by atoms with E-state index in [4.69, 9.17) is 0 Å². The van der Waals surface area contributed by atoms with E-state index in [0.717, 1.165) is 19.0 Å². The molecule has 1 saturated heterocycles. The highest BCUT2D eigenvalue weighted by Gasteiger charge is 2.26.